The molecular formula is C17H27N3O. The summed E-state index contributed by atoms with van der Waals surface area (Å²) in [6.07, 6.45) is 3.80. The van der Waals surface area contributed by atoms with Crippen molar-refractivity contribution in [2.75, 3.05) is 25.5 Å². The average Bonchev–Trinajstić information content (AvgIpc) is 2.48. The number of piperidine rings is 1. The zero-order chi connectivity index (χ0) is 15.2. The molecule has 1 heterocycles. The summed E-state index contributed by atoms with van der Waals surface area (Å²) in [4.78, 5) is 14.6. The molecule has 2 rings (SSSR count). The lowest BCUT2D eigenvalue weighted by Gasteiger charge is -2.33. The first-order chi connectivity index (χ1) is 10.1. The number of hydrogen-bond acceptors (Lipinski definition) is 3. The third-order valence-electron chi connectivity index (χ3n) is 4.29. The molecule has 2 unspecified atom stereocenters. The first kappa shape index (κ1) is 16.0. The Labute approximate surface area is 127 Å². The van der Waals surface area contributed by atoms with Crippen molar-refractivity contribution in [3.63, 3.8) is 0 Å². The van der Waals surface area contributed by atoms with Crippen LogP contribution >= 0.6 is 0 Å². The Hall–Kier alpha value is -1.39. The lowest BCUT2D eigenvalue weighted by atomic mass is 10.0. The molecule has 2 atom stereocenters. The lowest BCUT2D eigenvalue weighted by Crippen LogP contribution is -2.47. The standard InChI is InChI=1S/C17H27N3O/c1-13-7-9-15(10-8-13)19-17(21)14(2)18-12-16-6-4-5-11-20(16)3/h7-10,14,16,18H,4-6,11-12H2,1-3H3,(H,19,21). The van der Waals surface area contributed by atoms with Gasteiger partial charge in [0.2, 0.25) is 5.91 Å². The summed E-state index contributed by atoms with van der Waals surface area (Å²) in [7, 11) is 2.17. The minimum Gasteiger partial charge on any atom is -0.325 e. The van der Waals surface area contributed by atoms with Gasteiger partial charge in [-0.2, -0.15) is 0 Å². The molecule has 1 amide bonds. The van der Waals surface area contributed by atoms with E-state index in [4.69, 9.17) is 0 Å². The predicted molar refractivity (Wildman–Crippen MR) is 87.5 cm³/mol. The van der Waals surface area contributed by atoms with Gasteiger partial charge in [-0.3, -0.25) is 4.79 Å². The minimum atomic E-state index is -0.179. The second-order valence-corrected chi connectivity index (χ2v) is 6.12. The minimum absolute atomic E-state index is 0.0253. The van der Waals surface area contributed by atoms with Crippen LogP contribution in [0.4, 0.5) is 5.69 Å². The van der Waals surface area contributed by atoms with Crippen molar-refractivity contribution in [1.29, 1.82) is 0 Å². The number of carbonyl (C=O) groups excluding carboxylic acids is 1. The number of anilines is 1. The molecule has 1 fully saturated rings. The average molecular weight is 289 g/mol. The van der Waals surface area contributed by atoms with Gasteiger partial charge in [-0.1, -0.05) is 24.1 Å². The number of nitrogens with zero attached hydrogens (tertiary/aromatic N) is 1. The summed E-state index contributed by atoms with van der Waals surface area (Å²) in [6.45, 7) is 6.00. The number of rotatable bonds is 5. The van der Waals surface area contributed by atoms with Crippen LogP contribution in [-0.2, 0) is 4.79 Å². The molecule has 4 heteroatoms. The smallest absolute Gasteiger partial charge is 0.241 e. The molecule has 1 saturated heterocycles. The summed E-state index contributed by atoms with van der Waals surface area (Å²) in [5.41, 5.74) is 2.05. The molecule has 1 aromatic carbocycles. The van der Waals surface area contributed by atoms with E-state index in [2.05, 4.69) is 22.6 Å². The number of aryl methyl sites for hydroxylation is 1. The molecular weight excluding hydrogens is 262 g/mol. The van der Waals surface area contributed by atoms with Gasteiger partial charge in [-0.05, 0) is 52.4 Å². The van der Waals surface area contributed by atoms with E-state index in [1.54, 1.807) is 0 Å². The van der Waals surface area contributed by atoms with Gasteiger partial charge in [-0.15, -0.1) is 0 Å². The van der Waals surface area contributed by atoms with Crippen LogP contribution in [-0.4, -0.2) is 43.0 Å². The van der Waals surface area contributed by atoms with Crippen molar-refractivity contribution in [1.82, 2.24) is 10.2 Å². The van der Waals surface area contributed by atoms with Crippen molar-refractivity contribution >= 4 is 11.6 Å². The van der Waals surface area contributed by atoms with Gasteiger partial charge in [0.1, 0.15) is 0 Å². The molecule has 1 aromatic rings. The van der Waals surface area contributed by atoms with Gasteiger partial charge >= 0.3 is 0 Å². The Morgan fingerprint density at radius 1 is 1.33 bits per heavy atom. The fourth-order valence-electron chi connectivity index (χ4n) is 2.69. The first-order valence-corrected chi connectivity index (χ1v) is 7.87. The van der Waals surface area contributed by atoms with E-state index in [9.17, 15) is 4.79 Å². The number of benzene rings is 1. The van der Waals surface area contributed by atoms with E-state index >= 15 is 0 Å². The SMILES string of the molecule is Cc1ccc(NC(=O)C(C)NCC2CCCCN2C)cc1. The van der Waals surface area contributed by atoms with E-state index in [0.717, 1.165) is 18.8 Å². The van der Waals surface area contributed by atoms with E-state index in [1.807, 2.05) is 38.1 Å². The highest BCUT2D eigenvalue weighted by atomic mass is 16.2. The van der Waals surface area contributed by atoms with Gasteiger partial charge in [0.25, 0.3) is 0 Å². The summed E-state index contributed by atoms with van der Waals surface area (Å²) < 4.78 is 0. The van der Waals surface area contributed by atoms with Gasteiger partial charge in [0, 0.05) is 18.3 Å². The van der Waals surface area contributed by atoms with Crippen molar-refractivity contribution in [2.45, 2.75) is 45.2 Å². The molecule has 4 nitrogen and oxygen atoms in total. The van der Waals surface area contributed by atoms with Crippen LogP contribution < -0.4 is 10.6 Å². The van der Waals surface area contributed by atoms with Crippen LogP contribution in [0.1, 0.15) is 31.7 Å². The first-order valence-electron chi connectivity index (χ1n) is 7.87. The molecule has 0 radical (unpaired) electrons. The summed E-state index contributed by atoms with van der Waals surface area (Å²) in [6, 6.07) is 8.26. The molecule has 1 aliphatic heterocycles. The molecule has 116 valence electrons. The van der Waals surface area contributed by atoms with Crippen LogP contribution in [0.2, 0.25) is 0 Å². The Balaban J connectivity index is 1.78. The number of amides is 1. The maximum absolute atomic E-state index is 12.2. The normalized spacial score (nSPS) is 21.0. The highest BCUT2D eigenvalue weighted by Gasteiger charge is 2.20. The van der Waals surface area contributed by atoms with E-state index in [0.29, 0.717) is 6.04 Å². The Kier molecular flexibility index (Phi) is 5.76. The Morgan fingerprint density at radius 3 is 2.71 bits per heavy atom. The topological polar surface area (TPSA) is 44.4 Å². The highest BCUT2D eigenvalue weighted by molar-refractivity contribution is 5.94. The van der Waals surface area contributed by atoms with Crippen molar-refractivity contribution in [3.8, 4) is 0 Å². The van der Waals surface area contributed by atoms with Gasteiger partial charge in [0.15, 0.2) is 0 Å². The van der Waals surface area contributed by atoms with E-state index in [-0.39, 0.29) is 11.9 Å². The van der Waals surface area contributed by atoms with Crippen molar-refractivity contribution in [2.24, 2.45) is 0 Å². The van der Waals surface area contributed by atoms with E-state index < -0.39 is 0 Å². The summed E-state index contributed by atoms with van der Waals surface area (Å²) >= 11 is 0. The highest BCUT2D eigenvalue weighted by Crippen LogP contribution is 2.14. The quantitative estimate of drug-likeness (QED) is 0.875. The molecule has 0 aromatic heterocycles. The largest absolute Gasteiger partial charge is 0.325 e. The van der Waals surface area contributed by atoms with Crippen LogP contribution in [0.3, 0.4) is 0 Å². The molecule has 0 spiro atoms. The maximum Gasteiger partial charge on any atom is 0.241 e. The zero-order valence-corrected chi connectivity index (χ0v) is 13.4. The molecule has 2 N–H and O–H groups in total. The van der Waals surface area contributed by atoms with Gasteiger partial charge in [-0.25, -0.2) is 0 Å². The van der Waals surface area contributed by atoms with Gasteiger partial charge in [0.05, 0.1) is 6.04 Å². The van der Waals surface area contributed by atoms with Crippen molar-refractivity contribution < 1.29 is 4.79 Å². The van der Waals surface area contributed by atoms with Crippen LogP contribution in [0.5, 0.6) is 0 Å². The molecule has 0 aliphatic carbocycles. The zero-order valence-electron chi connectivity index (χ0n) is 13.4. The van der Waals surface area contributed by atoms with Crippen molar-refractivity contribution in [3.05, 3.63) is 29.8 Å². The molecule has 0 saturated carbocycles. The summed E-state index contributed by atoms with van der Waals surface area (Å²) in [5.74, 6) is 0.0253. The molecule has 1 aliphatic rings. The fourth-order valence-corrected chi connectivity index (χ4v) is 2.69. The van der Waals surface area contributed by atoms with E-state index in [1.165, 1.54) is 24.8 Å². The Bertz CT molecular complexity index is 458. The predicted octanol–water partition coefficient (Wildman–Crippen LogP) is 2.40. The van der Waals surface area contributed by atoms with Crippen LogP contribution in [0, 0.1) is 6.92 Å². The number of likely N-dealkylation sites (N-methyl/N-ethyl adjacent to an activating group) is 1. The second kappa shape index (κ2) is 7.57. The number of nitrogens with one attached hydrogen (secondary N) is 2. The number of carbonyl (C=O) groups is 1. The second-order valence-electron chi connectivity index (χ2n) is 6.12. The van der Waals surface area contributed by atoms with Crippen LogP contribution in [0.25, 0.3) is 0 Å². The monoisotopic (exact) mass is 289 g/mol. The molecule has 0 bridgehead atoms. The lowest BCUT2D eigenvalue weighted by molar-refractivity contribution is -0.117. The number of likely N-dealkylation sites (tertiary alicyclic amines) is 1. The third kappa shape index (κ3) is 4.83. The number of hydrogen-bond donors (Lipinski definition) is 2. The van der Waals surface area contributed by atoms with Gasteiger partial charge < -0.3 is 15.5 Å². The maximum atomic E-state index is 12.2. The Morgan fingerprint density at radius 2 is 2.05 bits per heavy atom. The molecule has 21 heavy (non-hydrogen) atoms. The summed E-state index contributed by atoms with van der Waals surface area (Å²) in [5, 5.41) is 6.31. The van der Waals surface area contributed by atoms with Crippen LogP contribution in [0.15, 0.2) is 24.3 Å². The fraction of sp³-hybridized carbons (Fsp3) is 0.588. The third-order valence-corrected chi connectivity index (χ3v) is 4.29.